The molecule has 0 heterocycles. The summed E-state index contributed by atoms with van der Waals surface area (Å²) in [4.78, 5) is 33.5. The molecule has 0 bridgehead atoms. The van der Waals surface area contributed by atoms with Crippen LogP contribution < -0.4 is 10.6 Å². The van der Waals surface area contributed by atoms with Crippen molar-refractivity contribution >= 4 is 17.8 Å². The van der Waals surface area contributed by atoms with E-state index in [1.807, 2.05) is 0 Å². The van der Waals surface area contributed by atoms with Crippen LogP contribution in [0.1, 0.15) is 33.6 Å². The zero-order chi connectivity index (χ0) is 14.0. The van der Waals surface area contributed by atoms with E-state index in [4.69, 9.17) is 4.74 Å². The van der Waals surface area contributed by atoms with Gasteiger partial charge in [-0.1, -0.05) is 13.8 Å². The first kappa shape index (κ1) is 16.4. The van der Waals surface area contributed by atoms with E-state index in [-0.39, 0.29) is 36.5 Å². The van der Waals surface area contributed by atoms with E-state index >= 15 is 0 Å². The van der Waals surface area contributed by atoms with Crippen molar-refractivity contribution in [2.75, 3.05) is 19.7 Å². The van der Waals surface area contributed by atoms with E-state index in [1.165, 1.54) is 0 Å². The number of rotatable bonds is 8. The topological polar surface area (TPSA) is 84.5 Å². The molecular formula is C12H22N2O4. The van der Waals surface area contributed by atoms with Crippen LogP contribution in [0.25, 0.3) is 0 Å². The molecule has 0 unspecified atom stereocenters. The fourth-order valence-corrected chi connectivity index (χ4v) is 1.13. The van der Waals surface area contributed by atoms with E-state index in [2.05, 4.69) is 10.6 Å². The molecule has 0 aliphatic rings. The van der Waals surface area contributed by atoms with Crippen molar-refractivity contribution in [1.29, 1.82) is 0 Å². The van der Waals surface area contributed by atoms with Gasteiger partial charge in [0.1, 0.15) is 0 Å². The van der Waals surface area contributed by atoms with Crippen LogP contribution in [0.4, 0.5) is 0 Å². The highest BCUT2D eigenvalue weighted by atomic mass is 16.5. The lowest BCUT2D eigenvalue weighted by Crippen LogP contribution is -2.36. The Kier molecular flexibility index (Phi) is 8.61. The maximum absolute atomic E-state index is 11.3. The Morgan fingerprint density at radius 2 is 1.67 bits per heavy atom. The van der Waals surface area contributed by atoms with Crippen molar-refractivity contribution in [3.63, 3.8) is 0 Å². The minimum atomic E-state index is -0.374. The SMILES string of the molecule is CCOC(=O)CCC(=O)NCCNC(=O)C(C)C. The number of esters is 1. The summed E-state index contributed by atoms with van der Waals surface area (Å²) in [5.41, 5.74) is 0. The second-order valence-corrected chi connectivity index (χ2v) is 4.10. The molecule has 104 valence electrons. The summed E-state index contributed by atoms with van der Waals surface area (Å²) in [7, 11) is 0. The molecule has 6 nitrogen and oxygen atoms in total. The lowest BCUT2D eigenvalue weighted by Gasteiger charge is -2.08. The van der Waals surface area contributed by atoms with Gasteiger partial charge in [0.15, 0.2) is 0 Å². The highest BCUT2D eigenvalue weighted by molar-refractivity contribution is 5.81. The van der Waals surface area contributed by atoms with Gasteiger partial charge in [-0.2, -0.15) is 0 Å². The quantitative estimate of drug-likeness (QED) is 0.482. The predicted octanol–water partition coefficient (Wildman–Crippen LogP) is 0.218. The summed E-state index contributed by atoms with van der Waals surface area (Å²) < 4.78 is 4.70. The Balaban J connectivity index is 3.54. The monoisotopic (exact) mass is 258 g/mol. The lowest BCUT2D eigenvalue weighted by atomic mass is 10.2. The molecule has 2 amide bonds. The second-order valence-electron chi connectivity index (χ2n) is 4.10. The number of carbonyl (C=O) groups is 3. The fraction of sp³-hybridized carbons (Fsp3) is 0.750. The molecule has 0 saturated carbocycles. The Bertz CT molecular complexity index is 290. The molecule has 0 spiro atoms. The predicted molar refractivity (Wildman–Crippen MR) is 66.7 cm³/mol. The van der Waals surface area contributed by atoms with Crippen molar-refractivity contribution in [3.05, 3.63) is 0 Å². The number of amides is 2. The highest BCUT2D eigenvalue weighted by Crippen LogP contribution is 1.92. The number of nitrogens with one attached hydrogen (secondary N) is 2. The van der Waals surface area contributed by atoms with E-state index in [0.29, 0.717) is 19.7 Å². The average Bonchev–Trinajstić information content (AvgIpc) is 2.32. The van der Waals surface area contributed by atoms with Crippen LogP contribution in [0.5, 0.6) is 0 Å². The molecule has 0 aromatic carbocycles. The normalized spacial score (nSPS) is 10.0. The first-order valence-electron chi connectivity index (χ1n) is 6.17. The number of carbonyl (C=O) groups excluding carboxylic acids is 3. The van der Waals surface area contributed by atoms with E-state index < -0.39 is 0 Å². The van der Waals surface area contributed by atoms with Crippen molar-refractivity contribution in [2.24, 2.45) is 5.92 Å². The zero-order valence-electron chi connectivity index (χ0n) is 11.2. The number of ether oxygens (including phenoxy) is 1. The fourth-order valence-electron chi connectivity index (χ4n) is 1.13. The van der Waals surface area contributed by atoms with Gasteiger partial charge in [-0.3, -0.25) is 14.4 Å². The number of hydrogen-bond acceptors (Lipinski definition) is 4. The molecule has 6 heteroatoms. The summed E-state index contributed by atoms with van der Waals surface area (Å²) >= 11 is 0. The minimum absolute atomic E-state index is 0.0456. The summed E-state index contributed by atoms with van der Waals surface area (Å²) in [6.07, 6.45) is 0.189. The van der Waals surface area contributed by atoms with E-state index in [0.717, 1.165) is 0 Å². The maximum Gasteiger partial charge on any atom is 0.306 e. The van der Waals surface area contributed by atoms with Crippen LogP contribution in [0.2, 0.25) is 0 Å². The van der Waals surface area contributed by atoms with E-state index in [1.54, 1.807) is 20.8 Å². The third kappa shape index (κ3) is 8.55. The third-order valence-electron chi connectivity index (χ3n) is 2.13. The Morgan fingerprint density at radius 3 is 2.22 bits per heavy atom. The molecule has 0 radical (unpaired) electrons. The largest absolute Gasteiger partial charge is 0.466 e. The Morgan fingerprint density at radius 1 is 1.06 bits per heavy atom. The van der Waals surface area contributed by atoms with Crippen molar-refractivity contribution in [1.82, 2.24) is 10.6 Å². The van der Waals surface area contributed by atoms with Gasteiger partial charge in [-0.15, -0.1) is 0 Å². The van der Waals surface area contributed by atoms with Crippen molar-refractivity contribution in [2.45, 2.75) is 33.6 Å². The molecule has 0 aliphatic heterocycles. The standard InChI is InChI=1S/C12H22N2O4/c1-4-18-11(16)6-5-10(15)13-7-8-14-12(17)9(2)3/h9H,4-8H2,1-3H3,(H,13,15)(H,14,17). The lowest BCUT2D eigenvalue weighted by molar-refractivity contribution is -0.144. The van der Waals surface area contributed by atoms with Gasteiger partial charge in [0, 0.05) is 25.4 Å². The molecule has 0 saturated heterocycles. The first-order valence-corrected chi connectivity index (χ1v) is 6.17. The molecule has 0 atom stereocenters. The average molecular weight is 258 g/mol. The van der Waals surface area contributed by atoms with Crippen LogP contribution in [0.15, 0.2) is 0 Å². The van der Waals surface area contributed by atoms with Gasteiger partial charge in [-0.25, -0.2) is 0 Å². The van der Waals surface area contributed by atoms with Gasteiger partial charge >= 0.3 is 5.97 Å². The van der Waals surface area contributed by atoms with Gasteiger partial charge in [0.05, 0.1) is 13.0 Å². The molecule has 0 fully saturated rings. The van der Waals surface area contributed by atoms with Gasteiger partial charge in [0.2, 0.25) is 11.8 Å². The van der Waals surface area contributed by atoms with Crippen LogP contribution in [0, 0.1) is 5.92 Å². The smallest absolute Gasteiger partial charge is 0.306 e. The van der Waals surface area contributed by atoms with Crippen LogP contribution in [-0.4, -0.2) is 37.5 Å². The van der Waals surface area contributed by atoms with Gasteiger partial charge < -0.3 is 15.4 Å². The highest BCUT2D eigenvalue weighted by Gasteiger charge is 2.08. The molecule has 0 aliphatic carbocycles. The molecule has 0 aromatic heterocycles. The first-order chi connectivity index (χ1) is 8.47. The van der Waals surface area contributed by atoms with Crippen molar-refractivity contribution in [3.8, 4) is 0 Å². The summed E-state index contributed by atoms with van der Waals surface area (Å²) in [5, 5.41) is 5.29. The van der Waals surface area contributed by atoms with Crippen LogP contribution >= 0.6 is 0 Å². The molecule has 0 rings (SSSR count). The number of hydrogen-bond donors (Lipinski definition) is 2. The van der Waals surface area contributed by atoms with Gasteiger partial charge in [-0.05, 0) is 6.92 Å². The zero-order valence-corrected chi connectivity index (χ0v) is 11.2. The summed E-state index contributed by atoms with van der Waals surface area (Å²) in [5.74, 6) is -0.706. The Labute approximate surface area is 107 Å². The molecule has 2 N–H and O–H groups in total. The maximum atomic E-state index is 11.3. The summed E-state index contributed by atoms with van der Waals surface area (Å²) in [6, 6.07) is 0. The molecule has 18 heavy (non-hydrogen) atoms. The Hall–Kier alpha value is -1.59. The second kappa shape index (κ2) is 9.44. The van der Waals surface area contributed by atoms with E-state index in [9.17, 15) is 14.4 Å². The summed E-state index contributed by atoms with van der Waals surface area (Å²) in [6.45, 7) is 6.39. The van der Waals surface area contributed by atoms with Crippen LogP contribution in [-0.2, 0) is 19.1 Å². The molecule has 0 aromatic rings. The minimum Gasteiger partial charge on any atom is -0.466 e. The molecular weight excluding hydrogens is 236 g/mol. The van der Waals surface area contributed by atoms with Gasteiger partial charge in [0.25, 0.3) is 0 Å². The van der Waals surface area contributed by atoms with Crippen molar-refractivity contribution < 1.29 is 19.1 Å². The third-order valence-corrected chi connectivity index (χ3v) is 2.13. The van der Waals surface area contributed by atoms with Crippen LogP contribution in [0.3, 0.4) is 0 Å².